The van der Waals surface area contributed by atoms with Crippen LogP contribution in [0.1, 0.15) is 24.5 Å². The van der Waals surface area contributed by atoms with Crippen LogP contribution in [0.2, 0.25) is 0 Å². The number of hydrogen-bond acceptors (Lipinski definition) is 5. The summed E-state index contributed by atoms with van der Waals surface area (Å²) in [6.07, 6.45) is 4.32. The summed E-state index contributed by atoms with van der Waals surface area (Å²) in [6, 6.07) is 16.9. The number of carboxylic acid groups (broad SMARTS) is 1. The topological polar surface area (TPSA) is 85.9 Å². The Morgan fingerprint density at radius 2 is 2.00 bits per heavy atom. The van der Waals surface area contributed by atoms with Gasteiger partial charge in [-0.15, -0.1) is 0 Å². The van der Waals surface area contributed by atoms with Gasteiger partial charge in [0.1, 0.15) is 12.4 Å². The fourth-order valence-corrected chi connectivity index (χ4v) is 2.81. The van der Waals surface area contributed by atoms with Crippen LogP contribution in [0.25, 0.3) is 5.69 Å². The van der Waals surface area contributed by atoms with E-state index in [2.05, 4.69) is 10.3 Å². The SMILES string of the molecule is CC/C(=N\OCCOc1cccc(CC(=O)O)c1)c1cccc(-n2cccn2)c1. The molecule has 0 aliphatic carbocycles. The van der Waals surface area contributed by atoms with E-state index in [9.17, 15) is 4.79 Å². The fraction of sp³-hybridized carbons (Fsp3) is 0.227. The van der Waals surface area contributed by atoms with Gasteiger partial charge in [0.05, 0.1) is 17.8 Å². The number of hydrogen-bond donors (Lipinski definition) is 1. The fourth-order valence-electron chi connectivity index (χ4n) is 2.81. The zero-order chi connectivity index (χ0) is 20.5. The van der Waals surface area contributed by atoms with Crippen molar-refractivity contribution in [1.82, 2.24) is 9.78 Å². The Balaban J connectivity index is 1.54. The van der Waals surface area contributed by atoms with E-state index in [1.54, 1.807) is 35.1 Å². The molecule has 0 radical (unpaired) electrons. The van der Waals surface area contributed by atoms with E-state index in [1.807, 2.05) is 43.5 Å². The molecule has 0 aliphatic heterocycles. The van der Waals surface area contributed by atoms with E-state index < -0.39 is 5.97 Å². The van der Waals surface area contributed by atoms with Crippen molar-refractivity contribution in [1.29, 1.82) is 0 Å². The molecule has 0 amide bonds. The first-order chi connectivity index (χ1) is 14.2. The molecular formula is C22H23N3O4. The van der Waals surface area contributed by atoms with Crippen molar-refractivity contribution in [3.8, 4) is 11.4 Å². The predicted octanol–water partition coefficient (Wildman–Crippen LogP) is 3.71. The summed E-state index contributed by atoms with van der Waals surface area (Å²) < 4.78 is 7.41. The molecule has 0 bridgehead atoms. The highest BCUT2D eigenvalue weighted by molar-refractivity contribution is 6.00. The first-order valence-corrected chi connectivity index (χ1v) is 9.38. The standard InChI is InChI=1S/C22H23N3O4/c1-2-21(18-7-4-8-19(16-18)25-11-5-10-23-25)24-29-13-12-28-20-9-3-6-17(14-20)15-22(26)27/h3-11,14,16H,2,12-13,15H2,1H3,(H,26,27)/b24-21+. The Morgan fingerprint density at radius 3 is 2.76 bits per heavy atom. The maximum absolute atomic E-state index is 10.8. The molecule has 3 rings (SSSR count). The van der Waals surface area contributed by atoms with Crippen molar-refractivity contribution in [2.45, 2.75) is 19.8 Å². The Bertz CT molecular complexity index is 968. The van der Waals surface area contributed by atoms with Crippen LogP contribution in [0.15, 0.2) is 72.1 Å². The number of nitrogens with zero attached hydrogens (tertiary/aromatic N) is 3. The molecule has 1 aromatic heterocycles. The van der Waals surface area contributed by atoms with Gasteiger partial charge >= 0.3 is 5.97 Å². The van der Waals surface area contributed by atoms with E-state index >= 15 is 0 Å². The maximum Gasteiger partial charge on any atom is 0.307 e. The largest absolute Gasteiger partial charge is 0.490 e. The molecule has 0 fully saturated rings. The first kappa shape index (κ1) is 20.1. The second-order valence-electron chi connectivity index (χ2n) is 6.29. The molecule has 150 valence electrons. The third kappa shape index (κ3) is 5.93. The average molecular weight is 393 g/mol. The average Bonchev–Trinajstić information content (AvgIpc) is 3.25. The lowest BCUT2D eigenvalue weighted by Crippen LogP contribution is -2.07. The van der Waals surface area contributed by atoms with Gasteiger partial charge in [-0.25, -0.2) is 4.68 Å². The number of aromatic nitrogens is 2. The predicted molar refractivity (Wildman–Crippen MR) is 110 cm³/mol. The van der Waals surface area contributed by atoms with Crippen LogP contribution in [-0.4, -0.2) is 39.8 Å². The van der Waals surface area contributed by atoms with Gasteiger partial charge in [0.2, 0.25) is 0 Å². The van der Waals surface area contributed by atoms with Gasteiger partial charge in [-0.05, 0) is 42.3 Å². The Morgan fingerprint density at radius 1 is 1.14 bits per heavy atom. The number of ether oxygens (including phenoxy) is 1. The van der Waals surface area contributed by atoms with Crippen molar-refractivity contribution in [2.75, 3.05) is 13.2 Å². The van der Waals surface area contributed by atoms with Crippen molar-refractivity contribution >= 4 is 11.7 Å². The molecular weight excluding hydrogens is 370 g/mol. The molecule has 7 heteroatoms. The number of carbonyl (C=O) groups is 1. The van der Waals surface area contributed by atoms with Gasteiger partial charge in [0, 0.05) is 18.0 Å². The van der Waals surface area contributed by atoms with Crippen molar-refractivity contribution < 1.29 is 19.5 Å². The summed E-state index contributed by atoms with van der Waals surface area (Å²) in [6.45, 7) is 2.61. The molecule has 0 saturated heterocycles. The smallest absolute Gasteiger partial charge is 0.307 e. The number of benzene rings is 2. The van der Waals surface area contributed by atoms with Gasteiger partial charge in [0.25, 0.3) is 0 Å². The van der Waals surface area contributed by atoms with Crippen molar-refractivity contribution in [3.63, 3.8) is 0 Å². The van der Waals surface area contributed by atoms with Crippen LogP contribution in [0.3, 0.4) is 0 Å². The summed E-state index contributed by atoms with van der Waals surface area (Å²) in [4.78, 5) is 16.2. The third-order valence-corrected chi connectivity index (χ3v) is 4.16. The Hall–Kier alpha value is -3.61. The minimum Gasteiger partial charge on any atom is -0.490 e. The molecule has 3 aromatic rings. The van der Waals surface area contributed by atoms with Crippen LogP contribution >= 0.6 is 0 Å². The van der Waals surface area contributed by atoms with Crippen molar-refractivity contribution in [2.24, 2.45) is 5.16 Å². The van der Waals surface area contributed by atoms with Crippen LogP contribution in [-0.2, 0) is 16.1 Å². The third-order valence-electron chi connectivity index (χ3n) is 4.16. The summed E-state index contributed by atoms with van der Waals surface area (Å²) in [5, 5.41) is 17.4. The van der Waals surface area contributed by atoms with Crippen LogP contribution in [0.5, 0.6) is 5.75 Å². The van der Waals surface area contributed by atoms with Gasteiger partial charge in [0.15, 0.2) is 6.61 Å². The summed E-state index contributed by atoms with van der Waals surface area (Å²) in [7, 11) is 0. The lowest BCUT2D eigenvalue weighted by Gasteiger charge is -2.09. The van der Waals surface area contributed by atoms with E-state index in [1.165, 1.54) is 0 Å². The van der Waals surface area contributed by atoms with E-state index in [4.69, 9.17) is 14.7 Å². The van der Waals surface area contributed by atoms with E-state index in [0.717, 1.165) is 23.4 Å². The second kappa shape index (κ2) is 10.1. The molecule has 0 aliphatic rings. The minimum atomic E-state index is -0.872. The summed E-state index contributed by atoms with van der Waals surface area (Å²) >= 11 is 0. The zero-order valence-electron chi connectivity index (χ0n) is 16.2. The number of carboxylic acids is 1. The highest BCUT2D eigenvalue weighted by Gasteiger charge is 2.05. The van der Waals surface area contributed by atoms with Gasteiger partial charge in [-0.2, -0.15) is 5.10 Å². The highest BCUT2D eigenvalue weighted by Crippen LogP contribution is 2.14. The van der Waals surface area contributed by atoms with E-state index in [-0.39, 0.29) is 13.0 Å². The Kier molecular flexibility index (Phi) is 7.00. The van der Waals surface area contributed by atoms with Gasteiger partial charge in [-0.3, -0.25) is 4.79 Å². The number of aliphatic carboxylic acids is 1. The summed E-state index contributed by atoms with van der Waals surface area (Å²) in [5.41, 5.74) is 3.46. The molecule has 0 atom stereocenters. The number of rotatable bonds is 10. The minimum absolute atomic E-state index is 0.0323. The molecule has 0 saturated carbocycles. The second-order valence-corrected chi connectivity index (χ2v) is 6.29. The lowest BCUT2D eigenvalue weighted by atomic mass is 10.1. The molecule has 1 heterocycles. The molecule has 0 spiro atoms. The molecule has 7 nitrogen and oxygen atoms in total. The van der Waals surface area contributed by atoms with Crippen LogP contribution in [0.4, 0.5) is 0 Å². The molecule has 29 heavy (non-hydrogen) atoms. The molecule has 0 unspecified atom stereocenters. The quantitative estimate of drug-likeness (QED) is 0.322. The maximum atomic E-state index is 10.8. The Labute approximate surface area is 169 Å². The van der Waals surface area contributed by atoms with Crippen molar-refractivity contribution in [3.05, 3.63) is 78.1 Å². The molecule has 1 N–H and O–H groups in total. The summed E-state index contributed by atoms with van der Waals surface area (Å²) in [5.74, 6) is -0.262. The normalized spacial score (nSPS) is 11.3. The van der Waals surface area contributed by atoms with Gasteiger partial charge in [-0.1, -0.05) is 36.3 Å². The van der Waals surface area contributed by atoms with E-state index in [0.29, 0.717) is 17.9 Å². The monoisotopic (exact) mass is 393 g/mol. The van der Waals surface area contributed by atoms with Crippen LogP contribution in [0, 0.1) is 0 Å². The van der Waals surface area contributed by atoms with Crippen LogP contribution < -0.4 is 4.74 Å². The first-order valence-electron chi connectivity index (χ1n) is 9.38. The number of oxime groups is 1. The highest BCUT2D eigenvalue weighted by atomic mass is 16.6. The lowest BCUT2D eigenvalue weighted by molar-refractivity contribution is -0.136. The zero-order valence-corrected chi connectivity index (χ0v) is 16.2. The molecule has 2 aromatic carbocycles. The van der Waals surface area contributed by atoms with Gasteiger partial charge < -0.3 is 14.7 Å².